The van der Waals surface area contributed by atoms with E-state index in [2.05, 4.69) is 10.6 Å². The molecule has 0 fully saturated rings. The van der Waals surface area contributed by atoms with Gasteiger partial charge in [-0.3, -0.25) is 4.79 Å². The van der Waals surface area contributed by atoms with Crippen LogP contribution < -0.4 is 10.6 Å². The van der Waals surface area contributed by atoms with Crippen molar-refractivity contribution in [3.63, 3.8) is 0 Å². The van der Waals surface area contributed by atoms with E-state index in [1.807, 2.05) is 38.5 Å². The molecule has 1 aliphatic heterocycles. The van der Waals surface area contributed by atoms with Crippen LogP contribution >= 0.6 is 0 Å². The minimum atomic E-state index is 0.378. The lowest BCUT2D eigenvalue weighted by Gasteiger charge is -2.10. The average Bonchev–Trinajstić information content (AvgIpc) is 2.54. The standard InChI is InChI=1S/C14H22N2O/c1-3-6-13(17)8-4-7-12-11-16-10-5-9-14(12)15-2/h5,9-11,15-16H,3-4,6-8H2,1-2H3. The third kappa shape index (κ3) is 4.89. The average molecular weight is 234 g/mol. The molecule has 2 N–H and O–H groups in total. The molecule has 0 saturated heterocycles. The molecule has 1 heterocycles. The number of rotatable bonds is 7. The van der Waals surface area contributed by atoms with Crippen LogP contribution in [0.1, 0.15) is 39.0 Å². The Balaban J connectivity index is 2.40. The van der Waals surface area contributed by atoms with Gasteiger partial charge in [0.05, 0.1) is 0 Å². The number of hydrogen-bond acceptors (Lipinski definition) is 3. The molecular weight excluding hydrogens is 212 g/mol. The van der Waals surface area contributed by atoms with E-state index in [1.54, 1.807) is 0 Å². The number of ketones is 1. The number of likely N-dealkylation sites (N-methyl/N-ethyl adjacent to an activating group) is 1. The van der Waals surface area contributed by atoms with Crippen LogP contribution in [0.15, 0.2) is 35.8 Å². The fourth-order valence-corrected chi connectivity index (χ4v) is 1.86. The van der Waals surface area contributed by atoms with Crippen LogP contribution in [0.25, 0.3) is 0 Å². The highest BCUT2D eigenvalue weighted by Crippen LogP contribution is 2.16. The van der Waals surface area contributed by atoms with Crippen molar-refractivity contribution < 1.29 is 4.79 Å². The van der Waals surface area contributed by atoms with E-state index in [0.29, 0.717) is 18.6 Å². The minimum absolute atomic E-state index is 0.378. The molecule has 17 heavy (non-hydrogen) atoms. The lowest BCUT2D eigenvalue weighted by Crippen LogP contribution is -2.10. The number of allylic oxidation sites excluding steroid dienone is 3. The second-order valence-electron chi connectivity index (χ2n) is 4.17. The van der Waals surface area contributed by atoms with E-state index in [-0.39, 0.29) is 0 Å². The van der Waals surface area contributed by atoms with E-state index in [0.717, 1.165) is 25.0 Å². The van der Waals surface area contributed by atoms with E-state index in [4.69, 9.17) is 0 Å². The Morgan fingerprint density at radius 1 is 1.41 bits per heavy atom. The molecule has 0 atom stereocenters. The second kappa shape index (κ2) is 7.71. The Morgan fingerprint density at radius 2 is 2.24 bits per heavy atom. The summed E-state index contributed by atoms with van der Waals surface area (Å²) in [6.45, 7) is 2.04. The summed E-state index contributed by atoms with van der Waals surface area (Å²) in [5.41, 5.74) is 2.34. The molecule has 0 aromatic rings. The van der Waals surface area contributed by atoms with Crippen LogP contribution in [0.4, 0.5) is 0 Å². The number of nitrogens with one attached hydrogen (secondary N) is 2. The zero-order valence-electron chi connectivity index (χ0n) is 10.8. The van der Waals surface area contributed by atoms with E-state index in [9.17, 15) is 4.79 Å². The summed E-state index contributed by atoms with van der Waals surface area (Å²) in [7, 11) is 1.92. The van der Waals surface area contributed by atoms with Crippen LogP contribution in [-0.4, -0.2) is 12.8 Å². The quantitative estimate of drug-likeness (QED) is 0.711. The molecule has 3 heteroatoms. The van der Waals surface area contributed by atoms with Crippen molar-refractivity contribution in [2.24, 2.45) is 0 Å². The Hall–Kier alpha value is -1.51. The highest BCUT2D eigenvalue weighted by atomic mass is 16.1. The lowest BCUT2D eigenvalue weighted by atomic mass is 10.0. The fraction of sp³-hybridized carbons (Fsp3) is 0.500. The van der Waals surface area contributed by atoms with E-state index >= 15 is 0 Å². The monoisotopic (exact) mass is 234 g/mol. The molecule has 3 nitrogen and oxygen atoms in total. The van der Waals surface area contributed by atoms with Crippen LogP contribution in [-0.2, 0) is 4.79 Å². The fourth-order valence-electron chi connectivity index (χ4n) is 1.86. The zero-order valence-corrected chi connectivity index (χ0v) is 10.8. The number of carbonyl (C=O) groups excluding carboxylic acids is 1. The normalized spacial score (nSPS) is 14.5. The van der Waals surface area contributed by atoms with Gasteiger partial charge < -0.3 is 10.6 Å². The van der Waals surface area contributed by atoms with Crippen molar-refractivity contribution in [1.82, 2.24) is 10.6 Å². The van der Waals surface area contributed by atoms with Crippen LogP contribution in [0, 0.1) is 0 Å². The van der Waals surface area contributed by atoms with Crippen molar-refractivity contribution in [2.45, 2.75) is 39.0 Å². The van der Waals surface area contributed by atoms with E-state index in [1.165, 1.54) is 5.57 Å². The first-order chi connectivity index (χ1) is 8.27. The number of carbonyl (C=O) groups is 1. The number of Topliss-reactive ketones (excluding diaryl/α,β-unsaturated/α-hetero) is 1. The summed E-state index contributed by atoms with van der Waals surface area (Å²) >= 11 is 0. The summed E-state index contributed by atoms with van der Waals surface area (Å²) in [6.07, 6.45) is 12.1. The molecule has 0 saturated carbocycles. The van der Waals surface area contributed by atoms with Gasteiger partial charge in [-0.2, -0.15) is 0 Å². The lowest BCUT2D eigenvalue weighted by molar-refractivity contribution is -0.119. The molecule has 0 bridgehead atoms. The SMILES string of the molecule is CCCC(=O)CCCC1=CNC=CC=C1NC. The summed E-state index contributed by atoms with van der Waals surface area (Å²) < 4.78 is 0. The smallest absolute Gasteiger partial charge is 0.132 e. The van der Waals surface area contributed by atoms with Crippen molar-refractivity contribution in [2.75, 3.05) is 7.05 Å². The van der Waals surface area contributed by atoms with Crippen molar-refractivity contribution in [1.29, 1.82) is 0 Å². The molecule has 0 aromatic carbocycles. The van der Waals surface area contributed by atoms with E-state index < -0.39 is 0 Å². The maximum Gasteiger partial charge on any atom is 0.132 e. The molecule has 0 radical (unpaired) electrons. The Bertz CT molecular complexity index is 340. The predicted molar refractivity (Wildman–Crippen MR) is 71.3 cm³/mol. The van der Waals surface area contributed by atoms with Gasteiger partial charge in [-0.15, -0.1) is 0 Å². The summed E-state index contributed by atoms with van der Waals surface area (Å²) in [6, 6.07) is 0. The third-order valence-electron chi connectivity index (χ3n) is 2.76. The molecular formula is C14H22N2O. The molecule has 0 aromatic heterocycles. The predicted octanol–water partition coefficient (Wildman–Crippen LogP) is 2.63. The largest absolute Gasteiger partial charge is 0.388 e. The Morgan fingerprint density at radius 3 is 2.94 bits per heavy atom. The van der Waals surface area contributed by atoms with Gasteiger partial charge in [-0.1, -0.05) is 6.92 Å². The van der Waals surface area contributed by atoms with Gasteiger partial charge in [-0.05, 0) is 37.0 Å². The topological polar surface area (TPSA) is 41.1 Å². The van der Waals surface area contributed by atoms with Gasteiger partial charge in [0.1, 0.15) is 5.78 Å². The summed E-state index contributed by atoms with van der Waals surface area (Å²) in [5.74, 6) is 0.378. The highest BCUT2D eigenvalue weighted by molar-refractivity contribution is 5.78. The molecule has 0 unspecified atom stereocenters. The van der Waals surface area contributed by atoms with Crippen LogP contribution in [0.2, 0.25) is 0 Å². The third-order valence-corrected chi connectivity index (χ3v) is 2.76. The van der Waals surface area contributed by atoms with Crippen molar-refractivity contribution >= 4 is 5.78 Å². The van der Waals surface area contributed by atoms with Gasteiger partial charge in [0.15, 0.2) is 0 Å². The maximum absolute atomic E-state index is 11.4. The first-order valence-electron chi connectivity index (χ1n) is 6.29. The molecule has 94 valence electrons. The van der Waals surface area contributed by atoms with Gasteiger partial charge >= 0.3 is 0 Å². The first-order valence-corrected chi connectivity index (χ1v) is 6.29. The molecule has 0 amide bonds. The Labute approximate surface area is 104 Å². The van der Waals surface area contributed by atoms with Gasteiger partial charge in [0.25, 0.3) is 0 Å². The molecule has 0 spiro atoms. The van der Waals surface area contributed by atoms with Crippen LogP contribution in [0.3, 0.4) is 0 Å². The van der Waals surface area contributed by atoms with Crippen LogP contribution in [0.5, 0.6) is 0 Å². The zero-order chi connectivity index (χ0) is 12.5. The first kappa shape index (κ1) is 13.6. The van der Waals surface area contributed by atoms with Gasteiger partial charge in [0.2, 0.25) is 0 Å². The van der Waals surface area contributed by atoms with Gasteiger partial charge in [0, 0.05) is 38.0 Å². The summed E-state index contributed by atoms with van der Waals surface area (Å²) in [5, 5.41) is 6.28. The highest BCUT2D eigenvalue weighted by Gasteiger charge is 2.06. The van der Waals surface area contributed by atoms with Crippen molar-refractivity contribution in [3.8, 4) is 0 Å². The van der Waals surface area contributed by atoms with Gasteiger partial charge in [-0.25, -0.2) is 0 Å². The Kier molecular flexibility index (Phi) is 6.15. The summed E-state index contributed by atoms with van der Waals surface area (Å²) in [4.78, 5) is 11.4. The molecule has 1 aliphatic rings. The number of hydrogen-bond donors (Lipinski definition) is 2. The molecule has 1 rings (SSSR count). The van der Waals surface area contributed by atoms with Crippen molar-refractivity contribution in [3.05, 3.63) is 35.8 Å². The second-order valence-corrected chi connectivity index (χ2v) is 4.17. The maximum atomic E-state index is 11.4. The minimum Gasteiger partial charge on any atom is -0.388 e. The molecule has 0 aliphatic carbocycles.